The second kappa shape index (κ2) is 32.1. The molecule has 0 unspecified atom stereocenters. The molecule has 5 aromatic rings. The number of rotatable bonds is 31. The van der Waals surface area contributed by atoms with Gasteiger partial charge in [-0.25, -0.2) is 9.59 Å². The molecule has 2 saturated carbocycles. The van der Waals surface area contributed by atoms with Crippen molar-refractivity contribution in [3.63, 3.8) is 0 Å². The molecule has 0 saturated heterocycles. The number of carbonyl (C=O) groups is 4. The molecule has 0 aliphatic heterocycles. The Morgan fingerprint density at radius 3 is 1.21 bits per heavy atom. The van der Waals surface area contributed by atoms with E-state index in [1.54, 1.807) is 6.07 Å². The van der Waals surface area contributed by atoms with E-state index >= 15 is 0 Å². The van der Waals surface area contributed by atoms with E-state index in [9.17, 15) is 19.2 Å². The molecule has 2 fully saturated rings. The van der Waals surface area contributed by atoms with Gasteiger partial charge in [-0.05, 0) is 221 Å². The van der Waals surface area contributed by atoms with Crippen LogP contribution in [0.25, 0.3) is 22.3 Å². The highest BCUT2D eigenvalue weighted by Gasteiger charge is 2.26. The average Bonchev–Trinajstić information content (AvgIpc) is 3.51. The van der Waals surface area contributed by atoms with Gasteiger partial charge in [0.05, 0.1) is 26.4 Å². The summed E-state index contributed by atoms with van der Waals surface area (Å²) in [5, 5.41) is 0. The van der Waals surface area contributed by atoms with E-state index in [0.29, 0.717) is 74.4 Å². The monoisotopic (exact) mass is 1060 g/mol. The Balaban J connectivity index is 0.759. The molecule has 10 nitrogen and oxygen atoms in total. The van der Waals surface area contributed by atoms with E-state index in [2.05, 4.69) is 92.9 Å². The summed E-state index contributed by atoms with van der Waals surface area (Å²) in [7, 11) is 0. The molecular weight excluding hydrogens is 977 g/mol. The molecule has 0 spiro atoms. The first-order chi connectivity index (χ1) is 38.2. The predicted octanol–water partition coefficient (Wildman–Crippen LogP) is 16.2. The van der Waals surface area contributed by atoms with Crippen LogP contribution < -0.4 is 18.9 Å². The molecule has 0 atom stereocenters. The van der Waals surface area contributed by atoms with Crippen LogP contribution in [0, 0.1) is 11.8 Å². The van der Waals surface area contributed by atoms with E-state index in [-0.39, 0.29) is 23.9 Å². The molecule has 78 heavy (non-hydrogen) atoms. The Bertz CT molecular complexity index is 2640. The van der Waals surface area contributed by atoms with Gasteiger partial charge in [0.25, 0.3) is 0 Å². The molecular formula is C68H82O10. The van der Waals surface area contributed by atoms with Gasteiger partial charge in [-0.1, -0.05) is 98.9 Å². The predicted molar refractivity (Wildman–Crippen MR) is 309 cm³/mol. The van der Waals surface area contributed by atoms with E-state index in [1.165, 1.54) is 34.4 Å². The van der Waals surface area contributed by atoms with Gasteiger partial charge in [0.2, 0.25) is 0 Å². The van der Waals surface area contributed by atoms with Crippen LogP contribution in [0.4, 0.5) is 0 Å². The van der Waals surface area contributed by atoms with Crippen LogP contribution in [0.5, 0.6) is 23.0 Å². The van der Waals surface area contributed by atoms with Gasteiger partial charge in [0.1, 0.15) is 11.5 Å². The third kappa shape index (κ3) is 19.5. The standard InChI is InChI=1S/C68H82O10/c1-4-50-19-42-63(77-67(71)43-20-51-15-22-53(23-16-51)55-26-30-57(31-27-55)59-34-38-61(39-35-59)73-45-11-7-9-13-47-75-65(69)5-2)64(49-50)78-68(72)44-21-52-17-24-54(25-18-52)56-28-32-58(33-29-56)60-36-40-62(41-37-60)74-46-12-8-10-14-48-76-66(70)6-3/h5-6,19,26-42,49,51-54H,2-4,7-18,20-25,43-48H2,1H3. The van der Waals surface area contributed by atoms with E-state index in [4.69, 9.17) is 28.4 Å². The summed E-state index contributed by atoms with van der Waals surface area (Å²) in [6, 6.07) is 40.0. The lowest BCUT2D eigenvalue weighted by molar-refractivity contribution is -0.138. The summed E-state index contributed by atoms with van der Waals surface area (Å²) >= 11 is 0. The van der Waals surface area contributed by atoms with Crippen molar-refractivity contribution >= 4 is 23.9 Å². The number of hydrogen-bond acceptors (Lipinski definition) is 10. The minimum atomic E-state index is -0.369. The molecule has 0 aromatic heterocycles. The van der Waals surface area contributed by atoms with Gasteiger partial charge in [0, 0.05) is 25.0 Å². The quantitative estimate of drug-likeness (QED) is 0.0183. The number of carbonyl (C=O) groups excluding carboxylic acids is 4. The van der Waals surface area contributed by atoms with Gasteiger partial charge >= 0.3 is 23.9 Å². The molecule has 10 heteroatoms. The fraction of sp³-hybridized carbons (Fsp3) is 0.441. The lowest BCUT2D eigenvalue weighted by Gasteiger charge is -2.29. The number of hydrogen-bond donors (Lipinski definition) is 0. The molecule has 2 aliphatic carbocycles. The molecule has 2 aliphatic rings. The minimum Gasteiger partial charge on any atom is -0.494 e. The number of esters is 4. The van der Waals surface area contributed by atoms with Crippen LogP contribution in [-0.2, 0) is 35.1 Å². The van der Waals surface area contributed by atoms with Gasteiger partial charge in [-0.3, -0.25) is 9.59 Å². The van der Waals surface area contributed by atoms with E-state index in [0.717, 1.165) is 150 Å². The highest BCUT2D eigenvalue weighted by molar-refractivity contribution is 5.81. The first-order valence-electron chi connectivity index (χ1n) is 28.9. The van der Waals surface area contributed by atoms with Crippen molar-refractivity contribution in [3.05, 3.63) is 157 Å². The maximum atomic E-state index is 13.3. The normalized spacial score (nSPS) is 17.0. The third-order valence-corrected chi connectivity index (χ3v) is 15.6. The molecule has 0 N–H and O–H groups in total. The topological polar surface area (TPSA) is 124 Å². The smallest absolute Gasteiger partial charge is 0.330 e. The maximum Gasteiger partial charge on any atom is 0.330 e. The number of benzene rings is 5. The second-order valence-corrected chi connectivity index (χ2v) is 21.2. The van der Waals surface area contributed by atoms with Crippen LogP contribution in [0.2, 0.25) is 0 Å². The van der Waals surface area contributed by atoms with Crippen molar-refractivity contribution in [2.45, 2.75) is 154 Å². The molecule has 5 aromatic carbocycles. The summed E-state index contributed by atoms with van der Waals surface area (Å²) in [5.41, 5.74) is 8.43. The van der Waals surface area contributed by atoms with Crippen LogP contribution in [0.3, 0.4) is 0 Å². The Hall–Kier alpha value is -6.94. The van der Waals surface area contributed by atoms with Crippen molar-refractivity contribution in [1.29, 1.82) is 0 Å². The Morgan fingerprint density at radius 2 is 0.821 bits per heavy atom. The van der Waals surface area contributed by atoms with Crippen LogP contribution in [-0.4, -0.2) is 50.3 Å². The Labute approximate surface area is 463 Å². The summed E-state index contributed by atoms with van der Waals surface area (Å²) in [5.74, 6) is 3.01. The highest BCUT2D eigenvalue weighted by Crippen LogP contribution is 2.40. The zero-order chi connectivity index (χ0) is 54.7. The van der Waals surface area contributed by atoms with Crippen LogP contribution in [0.15, 0.2) is 141 Å². The Kier molecular flexibility index (Phi) is 24.2. The molecule has 7 rings (SSSR count). The molecule has 0 heterocycles. The SMILES string of the molecule is C=CC(=O)OCCCCCCOc1ccc(-c2ccc(C3CCC(CCC(=O)Oc4ccc(CC)cc4OC(=O)CCC4CCC(c5ccc(-c6ccc(OCCCCCCOC(=O)C=C)cc6)cc5)CC4)CC3)cc2)cc1. The molecule has 0 bridgehead atoms. The number of unbranched alkanes of at least 4 members (excludes halogenated alkanes) is 6. The summed E-state index contributed by atoms with van der Waals surface area (Å²) < 4.78 is 33.8. The fourth-order valence-electron chi connectivity index (χ4n) is 10.8. The summed E-state index contributed by atoms with van der Waals surface area (Å²) in [6.07, 6.45) is 21.7. The maximum absolute atomic E-state index is 13.3. The lowest BCUT2D eigenvalue weighted by Crippen LogP contribution is -2.17. The first-order valence-corrected chi connectivity index (χ1v) is 28.9. The molecule has 0 radical (unpaired) electrons. The lowest BCUT2D eigenvalue weighted by atomic mass is 9.77. The van der Waals surface area contributed by atoms with Gasteiger partial charge in [-0.2, -0.15) is 0 Å². The Morgan fingerprint density at radius 1 is 0.449 bits per heavy atom. The summed E-state index contributed by atoms with van der Waals surface area (Å²) in [6.45, 7) is 11.1. The van der Waals surface area contributed by atoms with Gasteiger partial charge in [-0.15, -0.1) is 0 Å². The zero-order valence-electron chi connectivity index (χ0n) is 46.1. The van der Waals surface area contributed by atoms with Gasteiger partial charge in [0.15, 0.2) is 11.5 Å². The van der Waals surface area contributed by atoms with Crippen molar-refractivity contribution < 1.29 is 47.6 Å². The van der Waals surface area contributed by atoms with Crippen molar-refractivity contribution in [3.8, 4) is 45.3 Å². The summed E-state index contributed by atoms with van der Waals surface area (Å²) in [4.78, 5) is 48.8. The van der Waals surface area contributed by atoms with E-state index < -0.39 is 0 Å². The average molecular weight is 1060 g/mol. The number of ether oxygens (including phenoxy) is 6. The zero-order valence-corrected chi connectivity index (χ0v) is 46.1. The second-order valence-electron chi connectivity index (χ2n) is 21.2. The van der Waals surface area contributed by atoms with E-state index in [1.807, 2.05) is 36.4 Å². The third-order valence-electron chi connectivity index (χ3n) is 15.6. The van der Waals surface area contributed by atoms with Crippen LogP contribution in [0.1, 0.15) is 164 Å². The van der Waals surface area contributed by atoms with Crippen LogP contribution >= 0.6 is 0 Å². The first kappa shape index (κ1) is 58.7. The minimum absolute atomic E-state index is 0.288. The number of aryl methyl sites for hydroxylation is 1. The van der Waals surface area contributed by atoms with Crippen molar-refractivity contribution in [1.82, 2.24) is 0 Å². The largest absolute Gasteiger partial charge is 0.494 e. The van der Waals surface area contributed by atoms with Gasteiger partial charge < -0.3 is 28.4 Å². The fourth-order valence-corrected chi connectivity index (χ4v) is 10.8. The van der Waals surface area contributed by atoms with Crippen molar-refractivity contribution in [2.24, 2.45) is 11.8 Å². The molecule has 414 valence electrons. The molecule has 0 amide bonds. The van der Waals surface area contributed by atoms with Crippen molar-refractivity contribution in [2.75, 3.05) is 26.4 Å². The highest BCUT2D eigenvalue weighted by atomic mass is 16.6.